The molecule has 0 aliphatic carbocycles. The molecule has 1 aliphatic rings. The van der Waals surface area contributed by atoms with Crippen LogP contribution in [0.15, 0.2) is 39.8 Å². The van der Waals surface area contributed by atoms with Gasteiger partial charge in [0.25, 0.3) is 0 Å². The highest BCUT2D eigenvalue weighted by molar-refractivity contribution is 6.39. The smallest absolute Gasteiger partial charge is 0.338 e. The first-order chi connectivity index (χ1) is 16.2. The second-order valence-corrected chi connectivity index (χ2v) is 8.19. The number of aliphatic hydroxyl groups excluding tert-OH is 4. The quantitative estimate of drug-likeness (QED) is 0.302. The van der Waals surface area contributed by atoms with Crippen molar-refractivity contribution in [2.45, 2.75) is 30.7 Å². The number of rotatable bonds is 6. The summed E-state index contributed by atoms with van der Waals surface area (Å²) in [5.74, 6) is -0.0123. The molecule has 0 spiro atoms. The summed E-state index contributed by atoms with van der Waals surface area (Å²) in [6.45, 7) is -0.645. The lowest BCUT2D eigenvalue weighted by atomic mass is 9.99. The van der Waals surface area contributed by atoms with Gasteiger partial charge >= 0.3 is 5.63 Å². The summed E-state index contributed by atoms with van der Waals surface area (Å²) in [5.41, 5.74) is -0.268. The number of nitrogens with one attached hydrogen (secondary N) is 1. The van der Waals surface area contributed by atoms with Crippen LogP contribution >= 0.6 is 23.2 Å². The zero-order valence-corrected chi connectivity index (χ0v) is 19.0. The van der Waals surface area contributed by atoms with Crippen LogP contribution in [0.4, 0.5) is 11.4 Å². The molecule has 182 valence electrons. The average Bonchev–Trinajstić information content (AvgIpc) is 2.81. The standard InChI is InChI=1S/C21H20Cl2N2O9/c1-31-12-3-2-8-11(25-15-9(22)5-24-6-10(15)23)4-14(27)33-19(8)20(12)34-21-18(30)17(29)16(28)13(7-26)32-21/h2-6,13,16-18,21,26,28-30H,7H2,1H3,(H,24,25)/t13-,16-,17+,18-,21+/m1/s1. The van der Waals surface area contributed by atoms with Crippen LogP contribution in [0.3, 0.4) is 0 Å². The van der Waals surface area contributed by atoms with Gasteiger partial charge in [-0.3, -0.25) is 4.98 Å². The molecule has 0 bridgehead atoms. The molecule has 0 radical (unpaired) electrons. The van der Waals surface area contributed by atoms with Crippen LogP contribution in [0, 0.1) is 0 Å². The maximum atomic E-state index is 12.4. The van der Waals surface area contributed by atoms with Crippen molar-refractivity contribution >= 4 is 45.5 Å². The topological polar surface area (TPSA) is 164 Å². The Morgan fingerprint density at radius 2 is 1.82 bits per heavy atom. The summed E-state index contributed by atoms with van der Waals surface area (Å²) >= 11 is 12.4. The highest BCUT2D eigenvalue weighted by Gasteiger charge is 2.45. The van der Waals surface area contributed by atoms with Gasteiger partial charge in [-0.1, -0.05) is 23.2 Å². The molecule has 1 fully saturated rings. The fraction of sp³-hybridized carbons (Fsp3) is 0.333. The van der Waals surface area contributed by atoms with Gasteiger partial charge in [0.15, 0.2) is 11.3 Å². The van der Waals surface area contributed by atoms with Crippen LogP contribution in [-0.4, -0.2) is 69.8 Å². The van der Waals surface area contributed by atoms with Gasteiger partial charge < -0.3 is 44.4 Å². The zero-order valence-electron chi connectivity index (χ0n) is 17.5. The van der Waals surface area contributed by atoms with Crippen LogP contribution in [0.25, 0.3) is 11.0 Å². The summed E-state index contributed by atoms with van der Waals surface area (Å²) in [4.78, 5) is 16.3. The van der Waals surface area contributed by atoms with Crippen LogP contribution in [-0.2, 0) is 4.74 Å². The van der Waals surface area contributed by atoms with E-state index >= 15 is 0 Å². The Morgan fingerprint density at radius 3 is 2.47 bits per heavy atom. The number of halogens is 2. The van der Waals surface area contributed by atoms with E-state index in [1.165, 1.54) is 31.6 Å². The summed E-state index contributed by atoms with van der Waals surface area (Å²) < 4.78 is 21.9. The number of methoxy groups -OCH3 is 1. The number of aromatic nitrogens is 1. The van der Waals surface area contributed by atoms with Gasteiger partial charge in [0.1, 0.15) is 24.4 Å². The normalized spacial score (nSPS) is 24.7. The van der Waals surface area contributed by atoms with Crippen molar-refractivity contribution in [1.29, 1.82) is 0 Å². The van der Waals surface area contributed by atoms with E-state index in [-0.39, 0.29) is 32.8 Å². The molecule has 5 atom stereocenters. The predicted octanol–water partition coefficient (Wildman–Crippen LogP) is 1.43. The monoisotopic (exact) mass is 514 g/mol. The Balaban J connectivity index is 1.80. The summed E-state index contributed by atoms with van der Waals surface area (Å²) in [6, 6.07) is 4.28. The predicted molar refractivity (Wildman–Crippen MR) is 121 cm³/mol. The lowest BCUT2D eigenvalue weighted by Crippen LogP contribution is -2.60. The number of ether oxygens (including phenoxy) is 3. The Bertz CT molecular complexity index is 1230. The van der Waals surface area contributed by atoms with Crippen molar-refractivity contribution in [2.24, 2.45) is 0 Å². The number of pyridine rings is 1. The molecule has 1 aliphatic heterocycles. The van der Waals surface area contributed by atoms with Crippen molar-refractivity contribution in [3.63, 3.8) is 0 Å². The zero-order chi connectivity index (χ0) is 24.6. The number of fused-ring (bicyclic) bond motifs is 1. The molecule has 11 nitrogen and oxygen atoms in total. The number of hydrogen-bond acceptors (Lipinski definition) is 11. The SMILES string of the molecule is COc1ccc2c(Nc3c(Cl)cncc3Cl)cc(=O)oc2c1O[C@@H]1O[C@H](CO)[C@@H](O)[C@H](O)[C@H]1O. The van der Waals surface area contributed by atoms with Crippen molar-refractivity contribution in [3.05, 3.63) is 51.1 Å². The van der Waals surface area contributed by atoms with E-state index in [1.807, 2.05) is 0 Å². The molecular weight excluding hydrogens is 495 g/mol. The third kappa shape index (κ3) is 4.51. The van der Waals surface area contributed by atoms with Crippen molar-refractivity contribution in [1.82, 2.24) is 4.98 Å². The van der Waals surface area contributed by atoms with Gasteiger partial charge in [-0.2, -0.15) is 0 Å². The maximum Gasteiger partial charge on any atom is 0.338 e. The van der Waals surface area contributed by atoms with Crippen molar-refractivity contribution in [3.8, 4) is 11.5 Å². The fourth-order valence-electron chi connectivity index (χ4n) is 3.51. The molecule has 0 unspecified atom stereocenters. The largest absolute Gasteiger partial charge is 0.493 e. The van der Waals surface area contributed by atoms with Gasteiger partial charge in [-0.15, -0.1) is 0 Å². The number of aliphatic hydroxyl groups is 4. The number of anilines is 2. The minimum atomic E-state index is -1.69. The number of hydrogen-bond donors (Lipinski definition) is 5. The molecule has 13 heteroatoms. The average molecular weight is 515 g/mol. The first-order valence-electron chi connectivity index (χ1n) is 9.93. The third-order valence-electron chi connectivity index (χ3n) is 5.25. The van der Waals surface area contributed by atoms with Gasteiger partial charge in [0.2, 0.25) is 12.0 Å². The van der Waals surface area contributed by atoms with E-state index in [0.29, 0.717) is 11.1 Å². The molecular formula is C21H20Cl2N2O9. The molecule has 4 rings (SSSR count). The first-order valence-corrected chi connectivity index (χ1v) is 10.7. The number of benzene rings is 1. The molecule has 34 heavy (non-hydrogen) atoms. The summed E-state index contributed by atoms with van der Waals surface area (Å²) in [6.07, 6.45) is -4.93. The molecule has 0 amide bonds. The lowest BCUT2D eigenvalue weighted by molar-refractivity contribution is -0.277. The highest BCUT2D eigenvalue weighted by Crippen LogP contribution is 2.41. The highest BCUT2D eigenvalue weighted by atomic mass is 35.5. The van der Waals surface area contributed by atoms with Gasteiger partial charge in [-0.05, 0) is 12.1 Å². The Morgan fingerprint density at radius 1 is 1.12 bits per heavy atom. The van der Waals surface area contributed by atoms with E-state index in [0.717, 1.165) is 0 Å². The van der Waals surface area contributed by atoms with Crippen LogP contribution in [0.1, 0.15) is 0 Å². The second kappa shape index (κ2) is 9.92. The van der Waals surface area contributed by atoms with E-state index in [4.69, 9.17) is 41.8 Å². The molecule has 2 aromatic heterocycles. The van der Waals surface area contributed by atoms with Gasteiger partial charge in [0, 0.05) is 23.8 Å². The Hall–Kier alpha value is -2.64. The third-order valence-corrected chi connectivity index (χ3v) is 5.82. The second-order valence-electron chi connectivity index (χ2n) is 7.37. The van der Waals surface area contributed by atoms with Crippen LogP contribution in [0.2, 0.25) is 10.0 Å². The Kier molecular flexibility index (Phi) is 7.14. The summed E-state index contributed by atoms with van der Waals surface area (Å²) in [5, 5.41) is 43.6. The molecule has 3 aromatic rings. The van der Waals surface area contributed by atoms with E-state index in [1.54, 1.807) is 6.07 Å². The minimum absolute atomic E-state index is 0.0763. The van der Waals surface area contributed by atoms with Crippen LogP contribution in [0.5, 0.6) is 11.5 Å². The van der Waals surface area contributed by atoms with E-state index in [9.17, 15) is 25.2 Å². The fourth-order valence-corrected chi connectivity index (χ4v) is 3.96. The molecule has 0 saturated carbocycles. The van der Waals surface area contributed by atoms with Gasteiger partial charge in [0.05, 0.1) is 35.1 Å². The molecule has 3 heterocycles. The number of nitrogens with zero attached hydrogens (tertiary/aromatic N) is 1. The molecule has 5 N–H and O–H groups in total. The van der Waals surface area contributed by atoms with Crippen molar-refractivity contribution < 1.29 is 39.1 Å². The van der Waals surface area contributed by atoms with Crippen LogP contribution < -0.4 is 20.4 Å². The molecule has 1 aromatic carbocycles. The molecule has 1 saturated heterocycles. The first kappa shape index (κ1) is 24.5. The van der Waals surface area contributed by atoms with E-state index in [2.05, 4.69) is 10.3 Å². The van der Waals surface area contributed by atoms with E-state index < -0.39 is 42.9 Å². The Labute approximate surface area is 202 Å². The summed E-state index contributed by atoms with van der Waals surface area (Å²) in [7, 11) is 1.35. The lowest BCUT2D eigenvalue weighted by Gasteiger charge is -2.39. The minimum Gasteiger partial charge on any atom is -0.493 e. The van der Waals surface area contributed by atoms with Crippen molar-refractivity contribution in [2.75, 3.05) is 19.0 Å². The maximum absolute atomic E-state index is 12.4. The van der Waals surface area contributed by atoms with Gasteiger partial charge in [-0.25, -0.2) is 4.79 Å².